The van der Waals surface area contributed by atoms with Gasteiger partial charge in [-0.15, -0.1) is 0 Å². The second kappa shape index (κ2) is 6.09. The van der Waals surface area contributed by atoms with Crippen LogP contribution in [0.3, 0.4) is 0 Å². The molecule has 9 heteroatoms. The molecule has 2 aromatic rings. The van der Waals surface area contributed by atoms with Crippen molar-refractivity contribution >= 4 is 33.2 Å². The average Bonchev–Trinajstić information content (AvgIpc) is 2.78. The highest BCUT2D eigenvalue weighted by atomic mass is 35.5. The van der Waals surface area contributed by atoms with Gasteiger partial charge < -0.3 is 4.52 Å². The Morgan fingerprint density at radius 3 is 2.70 bits per heavy atom. The minimum Gasteiger partial charge on any atom is -0.361 e. The number of sulfonamides is 1. The van der Waals surface area contributed by atoms with Crippen molar-refractivity contribution in [1.82, 2.24) is 14.9 Å². The van der Waals surface area contributed by atoms with Crippen LogP contribution >= 0.6 is 23.2 Å². The van der Waals surface area contributed by atoms with Crippen LogP contribution in [0.5, 0.6) is 0 Å². The minimum absolute atomic E-state index is 0.0387. The van der Waals surface area contributed by atoms with Crippen molar-refractivity contribution < 1.29 is 12.9 Å². The first-order valence-corrected chi connectivity index (χ1v) is 7.85. The van der Waals surface area contributed by atoms with E-state index in [0.29, 0.717) is 17.9 Å². The van der Waals surface area contributed by atoms with Crippen LogP contribution in [-0.2, 0) is 16.4 Å². The molecule has 0 fully saturated rings. The van der Waals surface area contributed by atoms with Gasteiger partial charge in [0, 0.05) is 25.2 Å². The van der Waals surface area contributed by atoms with Gasteiger partial charge in [-0.25, -0.2) is 18.1 Å². The number of halogens is 2. The molecule has 0 atom stereocenters. The standard InChI is InChI=1S/C11H11Cl2N3O3S/c1-7-4-8(16-19-7)2-3-15-20(17,18)9-5-10(12)11(13)14-6-9/h4-6,15H,2-3H2,1H3. The monoisotopic (exact) mass is 335 g/mol. The van der Waals surface area contributed by atoms with Crippen molar-refractivity contribution in [2.24, 2.45) is 0 Å². The molecule has 0 aliphatic heterocycles. The average molecular weight is 336 g/mol. The van der Waals surface area contributed by atoms with Gasteiger partial charge in [-0.2, -0.15) is 0 Å². The Balaban J connectivity index is 2.02. The van der Waals surface area contributed by atoms with Gasteiger partial charge in [0.2, 0.25) is 10.0 Å². The van der Waals surface area contributed by atoms with Gasteiger partial charge in [0.05, 0.1) is 10.7 Å². The zero-order valence-corrected chi connectivity index (χ0v) is 12.8. The summed E-state index contributed by atoms with van der Waals surface area (Å²) >= 11 is 11.4. The zero-order valence-electron chi connectivity index (χ0n) is 10.4. The lowest BCUT2D eigenvalue weighted by Gasteiger charge is -2.06. The van der Waals surface area contributed by atoms with E-state index in [4.69, 9.17) is 27.7 Å². The first-order chi connectivity index (χ1) is 9.38. The number of pyridine rings is 1. The molecule has 0 saturated heterocycles. The van der Waals surface area contributed by atoms with E-state index in [1.54, 1.807) is 13.0 Å². The van der Waals surface area contributed by atoms with E-state index < -0.39 is 10.0 Å². The summed E-state index contributed by atoms with van der Waals surface area (Å²) in [5.74, 6) is 0.677. The lowest BCUT2D eigenvalue weighted by atomic mass is 10.3. The number of rotatable bonds is 5. The fourth-order valence-electron chi connectivity index (χ4n) is 1.48. The number of aromatic nitrogens is 2. The second-order valence-corrected chi connectivity index (χ2v) is 6.55. The SMILES string of the molecule is Cc1cc(CCNS(=O)(=O)c2cnc(Cl)c(Cl)c2)no1. The number of nitrogens with zero attached hydrogens (tertiary/aromatic N) is 2. The van der Waals surface area contributed by atoms with Crippen LogP contribution in [0, 0.1) is 6.92 Å². The predicted molar refractivity (Wildman–Crippen MR) is 74.4 cm³/mol. The highest BCUT2D eigenvalue weighted by Gasteiger charge is 2.16. The number of hydrogen-bond acceptors (Lipinski definition) is 5. The molecule has 0 aliphatic rings. The van der Waals surface area contributed by atoms with Gasteiger partial charge in [-0.1, -0.05) is 28.4 Å². The summed E-state index contributed by atoms with van der Waals surface area (Å²) < 4.78 is 31.3. The van der Waals surface area contributed by atoms with Crippen LogP contribution in [0.1, 0.15) is 11.5 Å². The maximum Gasteiger partial charge on any atom is 0.242 e. The largest absolute Gasteiger partial charge is 0.361 e. The van der Waals surface area contributed by atoms with Crippen molar-refractivity contribution in [3.8, 4) is 0 Å². The fraction of sp³-hybridized carbons (Fsp3) is 0.273. The molecule has 0 unspecified atom stereocenters. The molecule has 108 valence electrons. The van der Waals surface area contributed by atoms with Crippen molar-refractivity contribution in [1.29, 1.82) is 0 Å². The van der Waals surface area contributed by atoms with Crippen molar-refractivity contribution in [2.75, 3.05) is 6.54 Å². The lowest BCUT2D eigenvalue weighted by molar-refractivity contribution is 0.390. The molecule has 6 nitrogen and oxygen atoms in total. The third-order valence-electron chi connectivity index (χ3n) is 2.43. The topological polar surface area (TPSA) is 85.1 Å². The van der Waals surface area contributed by atoms with Gasteiger partial charge in [-0.3, -0.25) is 0 Å². The molecule has 0 saturated carbocycles. The third kappa shape index (κ3) is 3.69. The van der Waals surface area contributed by atoms with Gasteiger partial charge in [0.15, 0.2) is 0 Å². The summed E-state index contributed by atoms with van der Waals surface area (Å²) in [4.78, 5) is 3.66. The first-order valence-electron chi connectivity index (χ1n) is 5.61. The van der Waals surface area contributed by atoms with Crippen molar-refractivity contribution in [3.63, 3.8) is 0 Å². The van der Waals surface area contributed by atoms with E-state index in [0.717, 1.165) is 6.20 Å². The van der Waals surface area contributed by atoms with Gasteiger partial charge >= 0.3 is 0 Å². The summed E-state index contributed by atoms with van der Waals surface area (Å²) in [6.07, 6.45) is 1.57. The molecular weight excluding hydrogens is 325 g/mol. The van der Waals surface area contributed by atoms with Gasteiger partial charge in [0.25, 0.3) is 0 Å². The lowest BCUT2D eigenvalue weighted by Crippen LogP contribution is -2.26. The first kappa shape index (κ1) is 15.2. The molecule has 0 amide bonds. The quantitative estimate of drug-likeness (QED) is 0.846. The number of hydrogen-bond donors (Lipinski definition) is 1. The Kier molecular flexibility index (Phi) is 4.64. The molecule has 2 heterocycles. The van der Waals surface area contributed by atoms with E-state index >= 15 is 0 Å². The molecule has 20 heavy (non-hydrogen) atoms. The Labute approximate surface area is 126 Å². The highest BCUT2D eigenvalue weighted by molar-refractivity contribution is 7.89. The third-order valence-corrected chi connectivity index (χ3v) is 4.55. The Morgan fingerprint density at radius 1 is 1.35 bits per heavy atom. The molecule has 2 aromatic heterocycles. The predicted octanol–water partition coefficient (Wildman–Crippen LogP) is 2.21. The normalized spacial score (nSPS) is 11.8. The van der Waals surface area contributed by atoms with E-state index in [-0.39, 0.29) is 21.6 Å². The maximum absolute atomic E-state index is 12.0. The Bertz CT molecular complexity index is 715. The van der Waals surface area contributed by atoms with Crippen LogP contribution < -0.4 is 4.72 Å². The molecular formula is C11H11Cl2N3O3S. The van der Waals surface area contributed by atoms with E-state index in [9.17, 15) is 8.42 Å². The van der Waals surface area contributed by atoms with Gasteiger partial charge in [0.1, 0.15) is 15.8 Å². The number of nitrogens with one attached hydrogen (secondary N) is 1. The van der Waals surface area contributed by atoms with E-state index in [2.05, 4.69) is 14.9 Å². The fourth-order valence-corrected chi connectivity index (χ4v) is 2.82. The maximum atomic E-state index is 12.0. The smallest absolute Gasteiger partial charge is 0.242 e. The van der Waals surface area contributed by atoms with Crippen molar-refractivity contribution in [2.45, 2.75) is 18.2 Å². The van der Waals surface area contributed by atoms with E-state index in [1.807, 2.05) is 0 Å². The van der Waals surface area contributed by atoms with Gasteiger partial charge in [-0.05, 0) is 13.0 Å². The summed E-state index contributed by atoms with van der Waals surface area (Å²) in [7, 11) is -3.68. The molecule has 0 spiro atoms. The Morgan fingerprint density at radius 2 is 2.10 bits per heavy atom. The van der Waals surface area contributed by atoms with Crippen LogP contribution in [0.4, 0.5) is 0 Å². The zero-order chi connectivity index (χ0) is 14.8. The second-order valence-electron chi connectivity index (χ2n) is 4.02. The van der Waals surface area contributed by atoms with E-state index in [1.165, 1.54) is 6.07 Å². The van der Waals surface area contributed by atoms with Crippen LogP contribution in [0.25, 0.3) is 0 Å². The summed E-state index contributed by atoms with van der Waals surface area (Å²) in [6.45, 7) is 1.95. The Hall–Kier alpha value is -1.15. The minimum atomic E-state index is -3.68. The summed E-state index contributed by atoms with van der Waals surface area (Å²) in [5.41, 5.74) is 0.678. The molecule has 0 radical (unpaired) electrons. The number of aryl methyl sites for hydroxylation is 1. The van der Waals surface area contributed by atoms with Crippen molar-refractivity contribution in [3.05, 3.63) is 40.0 Å². The molecule has 0 bridgehead atoms. The van der Waals surface area contributed by atoms with Crippen LogP contribution in [0.15, 0.2) is 27.7 Å². The molecule has 0 aliphatic carbocycles. The molecule has 1 N–H and O–H groups in total. The highest BCUT2D eigenvalue weighted by Crippen LogP contribution is 2.21. The summed E-state index contributed by atoms with van der Waals surface area (Å²) in [5, 5.41) is 3.92. The molecule has 2 rings (SSSR count). The molecule has 0 aromatic carbocycles. The van der Waals surface area contributed by atoms with Crippen LogP contribution in [-0.4, -0.2) is 25.1 Å². The van der Waals surface area contributed by atoms with Crippen LogP contribution in [0.2, 0.25) is 10.2 Å². The summed E-state index contributed by atoms with van der Waals surface area (Å²) in [6, 6.07) is 2.99.